The number of halogens is 1. The highest BCUT2D eigenvalue weighted by molar-refractivity contribution is 9.10. The molecule has 0 unspecified atom stereocenters. The average Bonchev–Trinajstić information content (AvgIpc) is 2.63. The monoisotopic (exact) mass is 405 g/mol. The van der Waals surface area contributed by atoms with Gasteiger partial charge in [0, 0.05) is 10.9 Å². The third kappa shape index (κ3) is 6.68. The number of nitrogens with one attached hydrogen (secondary N) is 1. The summed E-state index contributed by atoms with van der Waals surface area (Å²) in [6, 6.07) is 16.4. The summed E-state index contributed by atoms with van der Waals surface area (Å²) in [7, 11) is 1.30. The maximum Gasteiger partial charge on any atom is 0.328 e. The Bertz CT molecular complexity index is 688. The number of methoxy groups -OCH3 is 1. The van der Waals surface area contributed by atoms with Crippen molar-refractivity contribution in [2.45, 2.75) is 19.1 Å². The molecule has 2 rings (SSSR count). The van der Waals surface area contributed by atoms with Crippen LogP contribution < -0.4 is 5.32 Å². The molecule has 1 atom stereocenters. The Kier molecular flexibility index (Phi) is 7.63. The summed E-state index contributed by atoms with van der Waals surface area (Å²) in [6.07, 6.45) is 0.352. The SMILES string of the molecule is COC(=O)[C@H](Cc1ccc(Br)cc1)NC(=O)COCc1ccccc1. The van der Waals surface area contributed by atoms with Crippen molar-refractivity contribution >= 4 is 27.8 Å². The van der Waals surface area contributed by atoms with Gasteiger partial charge in [-0.2, -0.15) is 0 Å². The number of carbonyl (C=O) groups is 2. The lowest BCUT2D eigenvalue weighted by Gasteiger charge is -2.17. The summed E-state index contributed by atoms with van der Waals surface area (Å²) in [5, 5.41) is 2.67. The zero-order valence-electron chi connectivity index (χ0n) is 13.9. The van der Waals surface area contributed by atoms with Gasteiger partial charge in [-0.3, -0.25) is 4.79 Å². The fourth-order valence-corrected chi connectivity index (χ4v) is 2.53. The molecular formula is C19H20BrNO4. The minimum atomic E-state index is -0.751. The molecule has 0 aromatic heterocycles. The van der Waals surface area contributed by atoms with Crippen molar-refractivity contribution in [3.05, 3.63) is 70.2 Å². The molecule has 5 nitrogen and oxygen atoms in total. The molecule has 0 aliphatic heterocycles. The van der Waals surface area contributed by atoms with Gasteiger partial charge < -0.3 is 14.8 Å². The molecule has 0 spiro atoms. The van der Waals surface area contributed by atoms with Gasteiger partial charge in [-0.25, -0.2) is 4.79 Å². The topological polar surface area (TPSA) is 64.6 Å². The van der Waals surface area contributed by atoms with E-state index in [1.54, 1.807) is 0 Å². The lowest BCUT2D eigenvalue weighted by Crippen LogP contribution is -2.44. The van der Waals surface area contributed by atoms with Crippen LogP contribution in [0.5, 0.6) is 0 Å². The number of hydrogen-bond acceptors (Lipinski definition) is 4. The van der Waals surface area contributed by atoms with Crippen LogP contribution in [0.1, 0.15) is 11.1 Å². The molecule has 0 saturated heterocycles. The summed E-state index contributed by atoms with van der Waals surface area (Å²) in [6.45, 7) is 0.215. The fraction of sp³-hybridized carbons (Fsp3) is 0.263. The second-order valence-corrected chi connectivity index (χ2v) is 6.37. The van der Waals surface area contributed by atoms with Gasteiger partial charge in [-0.15, -0.1) is 0 Å². The second kappa shape index (κ2) is 9.96. The molecule has 2 aromatic rings. The molecule has 25 heavy (non-hydrogen) atoms. The van der Waals surface area contributed by atoms with Gasteiger partial charge in [0.25, 0.3) is 0 Å². The molecule has 2 aromatic carbocycles. The number of rotatable bonds is 8. The minimum Gasteiger partial charge on any atom is -0.467 e. The Hall–Kier alpha value is -2.18. The normalized spacial score (nSPS) is 11.6. The van der Waals surface area contributed by atoms with Crippen molar-refractivity contribution in [3.63, 3.8) is 0 Å². The Morgan fingerprint density at radius 3 is 2.36 bits per heavy atom. The smallest absolute Gasteiger partial charge is 0.328 e. The lowest BCUT2D eigenvalue weighted by molar-refractivity contribution is -0.145. The minimum absolute atomic E-state index is 0.122. The molecular weight excluding hydrogens is 386 g/mol. The first-order valence-electron chi connectivity index (χ1n) is 7.82. The van der Waals surface area contributed by atoms with Crippen LogP contribution in [0.2, 0.25) is 0 Å². The molecule has 0 aliphatic carbocycles. The Labute approximate surface area is 155 Å². The lowest BCUT2D eigenvalue weighted by atomic mass is 10.1. The molecule has 0 radical (unpaired) electrons. The van der Waals surface area contributed by atoms with Crippen molar-refractivity contribution < 1.29 is 19.1 Å². The van der Waals surface area contributed by atoms with E-state index in [1.165, 1.54) is 7.11 Å². The van der Waals surface area contributed by atoms with E-state index >= 15 is 0 Å². The van der Waals surface area contributed by atoms with E-state index in [-0.39, 0.29) is 12.5 Å². The maximum absolute atomic E-state index is 12.1. The van der Waals surface area contributed by atoms with Crippen LogP contribution in [0.25, 0.3) is 0 Å². The summed E-state index contributed by atoms with van der Waals surface area (Å²) >= 11 is 3.36. The number of amides is 1. The third-order valence-electron chi connectivity index (χ3n) is 3.52. The standard InChI is InChI=1S/C19H20BrNO4/c1-24-19(23)17(11-14-7-9-16(20)10-8-14)21-18(22)13-25-12-15-5-3-2-4-6-15/h2-10,17H,11-13H2,1H3,(H,21,22)/t17-/m0/s1. The molecule has 0 saturated carbocycles. The zero-order valence-corrected chi connectivity index (χ0v) is 15.5. The van der Waals surface area contributed by atoms with Gasteiger partial charge in [-0.05, 0) is 23.3 Å². The van der Waals surface area contributed by atoms with Crippen LogP contribution in [-0.2, 0) is 32.1 Å². The van der Waals surface area contributed by atoms with Crippen molar-refractivity contribution in [3.8, 4) is 0 Å². The molecule has 1 N–H and O–H groups in total. The zero-order chi connectivity index (χ0) is 18.1. The van der Waals surface area contributed by atoms with E-state index in [2.05, 4.69) is 21.2 Å². The number of hydrogen-bond donors (Lipinski definition) is 1. The van der Waals surface area contributed by atoms with E-state index in [9.17, 15) is 9.59 Å². The Morgan fingerprint density at radius 2 is 1.72 bits per heavy atom. The summed E-state index contributed by atoms with van der Waals surface area (Å²) in [5.74, 6) is -0.845. The van der Waals surface area contributed by atoms with Gasteiger partial charge in [0.05, 0.1) is 13.7 Å². The van der Waals surface area contributed by atoms with Crippen LogP contribution in [0.15, 0.2) is 59.1 Å². The quantitative estimate of drug-likeness (QED) is 0.685. The highest BCUT2D eigenvalue weighted by Crippen LogP contribution is 2.12. The van der Waals surface area contributed by atoms with Crippen molar-refractivity contribution in [1.29, 1.82) is 0 Å². The molecule has 0 bridgehead atoms. The van der Waals surface area contributed by atoms with Gasteiger partial charge in [0.1, 0.15) is 12.6 Å². The van der Waals surface area contributed by atoms with Crippen molar-refractivity contribution in [1.82, 2.24) is 5.32 Å². The first kappa shape index (κ1) is 19.1. The number of esters is 1. The van der Waals surface area contributed by atoms with E-state index in [0.29, 0.717) is 13.0 Å². The van der Waals surface area contributed by atoms with Gasteiger partial charge in [0.2, 0.25) is 5.91 Å². The molecule has 6 heteroatoms. The van der Waals surface area contributed by atoms with Crippen LogP contribution >= 0.6 is 15.9 Å². The largest absolute Gasteiger partial charge is 0.467 e. The highest BCUT2D eigenvalue weighted by Gasteiger charge is 2.22. The van der Waals surface area contributed by atoms with E-state index in [1.807, 2.05) is 54.6 Å². The summed E-state index contributed by atoms with van der Waals surface area (Å²) in [5.41, 5.74) is 1.90. The van der Waals surface area contributed by atoms with Crippen LogP contribution in [0.4, 0.5) is 0 Å². The molecule has 132 valence electrons. The van der Waals surface area contributed by atoms with Crippen molar-refractivity contribution in [2.24, 2.45) is 0 Å². The number of ether oxygens (including phenoxy) is 2. The highest BCUT2D eigenvalue weighted by atomic mass is 79.9. The Morgan fingerprint density at radius 1 is 1.04 bits per heavy atom. The van der Waals surface area contributed by atoms with E-state index < -0.39 is 12.0 Å². The van der Waals surface area contributed by atoms with Gasteiger partial charge in [0.15, 0.2) is 0 Å². The first-order chi connectivity index (χ1) is 12.1. The first-order valence-corrected chi connectivity index (χ1v) is 8.61. The maximum atomic E-state index is 12.1. The molecule has 0 fully saturated rings. The van der Waals surface area contributed by atoms with E-state index in [4.69, 9.17) is 9.47 Å². The fourth-order valence-electron chi connectivity index (χ4n) is 2.26. The van der Waals surface area contributed by atoms with Crippen LogP contribution in [0.3, 0.4) is 0 Å². The average molecular weight is 406 g/mol. The predicted octanol–water partition coefficient (Wildman–Crippen LogP) is 2.87. The third-order valence-corrected chi connectivity index (χ3v) is 4.05. The van der Waals surface area contributed by atoms with Crippen LogP contribution in [0, 0.1) is 0 Å². The van der Waals surface area contributed by atoms with Gasteiger partial charge >= 0.3 is 5.97 Å². The summed E-state index contributed by atoms with van der Waals surface area (Å²) < 4.78 is 11.1. The van der Waals surface area contributed by atoms with E-state index in [0.717, 1.165) is 15.6 Å². The van der Waals surface area contributed by atoms with Crippen molar-refractivity contribution in [2.75, 3.05) is 13.7 Å². The van der Waals surface area contributed by atoms with Gasteiger partial charge in [-0.1, -0.05) is 58.4 Å². The summed E-state index contributed by atoms with van der Waals surface area (Å²) in [4.78, 5) is 24.0. The molecule has 1 amide bonds. The number of carbonyl (C=O) groups excluding carboxylic acids is 2. The Balaban J connectivity index is 1.86. The predicted molar refractivity (Wildman–Crippen MR) is 97.9 cm³/mol. The second-order valence-electron chi connectivity index (χ2n) is 5.45. The van der Waals surface area contributed by atoms with Crippen LogP contribution in [-0.4, -0.2) is 31.6 Å². The number of benzene rings is 2. The molecule has 0 heterocycles. The molecule has 0 aliphatic rings.